The molecule has 5 nitrogen and oxygen atoms in total. The minimum Gasteiger partial charge on any atom is -0.355 e. The molecule has 1 unspecified atom stereocenters. The Morgan fingerprint density at radius 1 is 1.32 bits per heavy atom. The van der Waals surface area contributed by atoms with Crippen LogP contribution in [-0.4, -0.2) is 46.0 Å². The molecule has 0 aromatic carbocycles. The SMILES string of the molecule is Cc1cncc(CN2CCCC(N(C)c3ccncn3)C2)c1. The highest BCUT2D eigenvalue weighted by molar-refractivity contribution is 5.37. The smallest absolute Gasteiger partial charge is 0.131 e. The molecular weight excluding hydrogens is 274 g/mol. The van der Waals surface area contributed by atoms with E-state index in [4.69, 9.17) is 0 Å². The van der Waals surface area contributed by atoms with Gasteiger partial charge in [0.1, 0.15) is 12.1 Å². The van der Waals surface area contributed by atoms with Crippen LogP contribution in [-0.2, 0) is 6.54 Å². The molecule has 0 bridgehead atoms. The van der Waals surface area contributed by atoms with E-state index in [9.17, 15) is 0 Å². The van der Waals surface area contributed by atoms with E-state index in [2.05, 4.69) is 44.8 Å². The topological polar surface area (TPSA) is 45.2 Å². The molecule has 2 aromatic heterocycles. The number of piperidine rings is 1. The molecule has 1 fully saturated rings. The molecule has 0 radical (unpaired) electrons. The monoisotopic (exact) mass is 297 g/mol. The van der Waals surface area contributed by atoms with E-state index < -0.39 is 0 Å². The first-order chi connectivity index (χ1) is 10.7. The molecule has 5 heteroatoms. The maximum Gasteiger partial charge on any atom is 0.131 e. The Balaban J connectivity index is 1.64. The van der Waals surface area contributed by atoms with Gasteiger partial charge in [-0.15, -0.1) is 0 Å². The third-order valence-corrected chi connectivity index (χ3v) is 4.29. The van der Waals surface area contributed by atoms with Crippen LogP contribution >= 0.6 is 0 Å². The number of rotatable bonds is 4. The highest BCUT2D eigenvalue weighted by Gasteiger charge is 2.24. The standard InChI is InChI=1S/C17H23N5/c1-14-8-15(10-19-9-14)11-22-7-3-4-16(12-22)21(2)17-5-6-18-13-20-17/h5-6,8-10,13,16H,3-4,7,11-12H2,1-2H3. The molecule has 3 heterocycles. The van der Waals surface area contributed by atoms with Crippen LogP contribution in [0.4, 0.5) is 5.82 Å². The second-order valence-corrected chi connectivity index (χ2v) is 6.08. The van der Waals surface area contributed by atoms with E-state index >= 15 is 0 Å². The van der Waals surface area contributed by atoms with E-state index in [1.54, 1.807) is 12.5 Å². The van der Waals surface area contributed by atoms with Crippen molar-refractivity contribution < 1.29 is 0 Å². The van der Waals surface area contributed by atoms with Gasteiger partial charge >= 0.3 is 0 Å². The Morgan fingerprint density at radius 2 is 2.23 bits per heavy atom. The minimum absolute atomic E-state index is 0.501. The van der Waals surface area contributed by atoms with Gasteiger partial charge in [0.2, 0.25) is 0 Å². The van der Waals surface area contributed by atoms with E-state index in [-0.39, 0.29) is 0 Å². The molecule has 22 heavy (non-hydrogen) atoms. The van der Waals surface area contributed by atoms with Crippen molar-refractivity contribution in [2.24, 2.45) is 0 Å². The second-order valence-electron chi connectivity index (χ2n) is 6.08. The summed E-state index contributed by atoms with van der Waals surface area (Å²) >= 11 is 0. The lowest BCUT2D eigenvalue weighted by Gasteiger charge is -2.38. The third kappa shape index (κ3) is 3.60. The van der Waals surface area contributed by atoms with Gasteiger partial charge in [-0.1, -0.05) is 6.07 Å². The van der Waals surface area contributed by atoms with Gasteiger partial charge in [0.15, 0.2) is 0 Å². The quantitative estimate of drug-likeness (QED) is 0.866. The summed E-state index contributed by atoms with van der Waals surface area (Å²) in [6.45, 7) is 5.29. The molecule has 1 aliphatic heterocycles. The van der Waals surface area contributed by atoms with Gasteiger partial charge in [-0.05, 0) is 43.5 Å². The van der Waals surface area contributed by atoms with Gasteiger partial charge in [0, 0.05) is 44.8 Å². The van der Waals surface area contributed by atoms with Crippen molar-refractivity contribution >= 4 is 5.82 Å². The van der Waals surface area contributed by atoms with Gasteiger partial charge in [0.05, 0.1) is 0 Å². The Bertz CT molecular complexity index is 601. The fourth-order valence-electron chi connectivity index (χ4n) is 3.13. The number of likely N-dealkylation sites (N-methyl/N-ethyl adjacent to an activating group) is 1. The van der Waals surface area contributed by atoms with Gasteiger partial charge in [0.25, 0.3) is 0 Å². The van der Waals surface area contributed by atoms with E-state index in [1.807, 2.05) is 18.5 Å². The molecule has 2 aromatic rings. The Hall–Kier alpha value is -2.01. The zero-order valence-electron chi connectivity index (χ0n) is 13.3. The van der Waals surface area contributed by atoms with Crippen LogP contribution in [0.3, 0.4) is 0 Å². The molecule has 0 spiro atoms. The fourth-order valence-corrected chi connectivity index (χ4v) is 3.13. The average molecular weight is 297 g/mol. The minimum atomic E-state index is 0.501. The summed E-state index contributed by atoms with van der Waals surface area (Å²) in [6, 6.07) is 4.70. The normalized spacial score (nSPS) is 19.1. The summed E-state index contributed by atoms with van der Waals surface area (Å²) in [6.07, 6.45) is 9.74. The van der Waals surface area contributed by atoms with Crippen molar-refractivity contribution in [1.29, 1.82) is 0 Å². The van der Waals surface area contributed by atoms with Gasteiger partial charge in [-0.2, -0.15) is 0 Å². The van der Waals surface area contributed by atoms with Crippen LogP contribution < -0.4 is 4.90 Å². The number of hydrogen-bond donors (Lipinski definition) is 0. The molecule has 3 rings (SSSR count). The molecule has 0 saturated carbocycles. The van der Waals surface area contributed by atoms with Crippen molar-refractivity contribution in [3.8, 4) is 0 Å². The number of pyridine rings is 1. The predicted octanol–water partition coefficient (Wildman–Crippen LogP) is 2.28. The Morgan fingerprint density at radius 3 is 3.00 bits per heavy atom. The lowest BCUT2D eigenvalue weighted by Crippen LogP contribution is -2.46. The second kappa shape index (κ2) is 6.83. The molecule has 0 amide bonds. The molecule has 1 aliphatic rings. The zero-order chi connectivity index (χ0) is 15.4. The summed E-state index contributed by atoms with van der Waals surface area (Å²) < 4.78 is 0. The summed E-state index contributed by atoms with van der Waals surface area (Å²) in [5.74, 6) is 0.999. The van der Waals surface area contributed by atoms with Crippen LogP contribution in [0.5, 0.6) is 0 Å². The van der Waals surface area contributed by atoms with Crippen LogP contribution in [0.25, 0.3) is 0 Å². The highest BCUT2D eigenvalue weighted by Crippen LogP contribution is 2.20. The van der Waals surface area contributed by atoms with Crippen LogP contribution in [0.1, 0.15) is 24.0 Å². The van der Waals surface area contributed by atoms with Gasteiger partial charge in [-0.3, -0.25) is 9.88 Å². The highest BCUT2D eigenvalue weighted by atomic mass is 15.2. The Labute approximate surface area is 132 Å². The predicted molar refractivity (Wildman–Crippen MR) is 87.7 cm³/mol. The average Bonchev–Trinajstić information content (AvgIpc) is 2.55. The zero-order valence-corrected chi connectivity index (χ0v) is 13.3. The number of aryl methyl sites for hydroxylation is 1. The number of nitrogens with zero attached hydrogens (tertiary/aromatic N) is 5. The van der Waals surface area contributed by atoms with E-state index in [0.29, 0.717) is 6.04 Å². The maximum atomic E-state index is 4.36. The van der Waals surface area contributed by atoms with Crippen molar-refractivity contribution in [2.75, 3.05) is 25.0 Å². The number of hydrogen-bond acceptors (Lipinski definition) is 5. The fraction of sp³-hybridized carbons (Fsp3) is 0.471. The first kappa shape index (κ1) is 14.9. The van der Waals surface area contributed by atoms with Crippen LogP contribution in [0.15, 0.2) is 37.1 Å². The first-order valence-electron chi connectivity index (χ1n) is 7.84. The molecule has 1 atom stereocenters. The van der Waals surface area contributed by atoms with Gasteiger partial charge in [-0.25, -0.2) is 9.97 Å². The lowest BCUT2D eigenvalue weighted by molar-refractivity contribution is 0.198. The van der Waals surface area contributed by atoms with E-state index in [1.165, 1.54) is 24.0 Å². The van der Waals surface area contributed by atoms with Crippen LogP contribution in [0.2, 0.25) is 0 Å². The number of aromatic nitrogens is 3. The molecule has 0 N–H and O–H groups in total. The van der Waals surface area contributed by atoms with E-state index in [0.717, 1.165) is 25.5 Å². The van der Waals surface area contributed by atoms with Crippen molar-refractivity contribution in [3.05, 3.63) is 48.2 Å². The first-order valence-corrected chi connectivity index (χ1v) is 7.84. The van der Waals surface area contributed by atoms with Crippen molar-refractivity contribution in [3.63, 3.8) is 0 Å². The van der Waals surface area contributed by atoms with Crippen molar-refractivity contribution in [2.45, 2.75) is 32.4 Å². The maximum absolute atomic E-state index is 4.36. The van der Waals surface area contributed by atoms with Gasteiger partial charge < -0.3 is 4.90 Å². The summed E-state index contributed by atoms with van der Waals surface area (Å²) in [7, 11) is 2.13. The summed E-state index contributed by atoms with van der Waals surface area (Å²) in [5.41, 5.74) is 2.52. The number of likely N-dealkylation sites (tertiary alicyclic amines) is 1. The molecule has 1 saturated heterocycles. The molecular formula is C17H23N5. The molecule has 0 aliphatic carbocycles. The van der Waals surface area contributed by atoms with Crippen molar-refractivity contribution in [1.82, 2.24) is 19.9 Å². The molecule has 116 valence electrons. The summed E-state index contributed by atoms with van der Waals surface area (Å²) in [5, 5.41) is 0. The lowest BCUT2D eigenvalue weighted by atomic mass is 10.0. The Kier molecular flexibility index (Phi) is 4.63. The largest absolute Gasteiger partial charge is 0.355 e. The van der Waals surface area contributed by atoms with Crippen LogP contribution in [0, 0.1) is 6.92 Å². The third-order valence-electron chi connectivity index (χ3n) is 4.29. The summed E-state index contributed by atoms with van der Waals surface area (Å²) in [4.78, 5) is 17.5. The number of anilines is 1.